The summed E-state index contributed by atoms with van der Waals surface area (Å²) >= 11 is 1.36. The lowest BCUT2D eigenvalue weighted by Crippen LogP contribution is -2.24. The van der Waals surface area contributed by atoms with Gasteiger partial charge in [0.05, 0.1) is 29.0 Å². The van der Waals surface area contributed by atoms with Gasteiger partial charge in [-0.3, -0.25) is 9.59 Å². The van der Waals surface area contributed by atoms with Gasteiger partial charge >= 0.3 is 0 Å². The topological polar surface area (TPSA) is 69.6 Å². The van der Waals surface area contributed by atoms with E-state index in [-0.39, 0.29) is 11.5 Å². The molecule has 32 heavy (non-hydrogen) atoms. The molecule has 1 amide bonds. The second-order valence-electron chi connectivity index (χ2n) is 7.39. The van der Waals surface area contributed by atoms with Crippen molar-refractivity contribution in [3.63, 3.8) is 0 Å². The number of benzene rings is 2. The molecule has 7 heteroatoms. The van der Waals surface area contributed by atoms with Crippen LogP contribution in [-0.2, 0) is 13.5 Å². The molecule has 0 atom stereocenters. The van der Waals surface area contributed by atoms with Crippen LogP contribution in [0.1, 0.15) is 29.1 Å². The van der Waals surface area contributed by atoms with Gasteiger partial charge in [0, 0.05) is 23.7 Å². The second-order valence-corrected chi connectivity index (χ2v) is 8.44. The Kier molecular flexibility index (Phi) is 6.46. The molecule has 4 aromatic rings. The zero-order valence-electron chi connectivity index (χ0n) is 18.4. The van der Waals surface area contributed by atoms with Gasteiger partial charge in [-0.1, -0.05) is 24.3 Å². The average Bonchev–Trinajstić information content (AvgIpc) is 3.25. The number of carbonyl (C=O) groups is 1. The van der Waals surface area contributed by atoms with Crippen LogP contribution in [0.15, 0.2) is 53.3 Å². The molecule has 166 valence electrons. The number of ether oxygens (including phenoxy) is 2. The van der Waals surface area contributed by atoms with Crippen molar-refractivity contribution >= 4 is 38.2 Å². The van der Waals surface area contributed by atoms with Crippen LogP contribution in [0.3, 0.4) is 0 Å². The summed E-state index contributed by atoms with van der Waals surface area (Å²) in [5.74, 6) is 1.26. The molecular weight excluding hydrogens is 424 g/mol. The van der Waals surface area contributed by atoms with Crippen LogP contribution in [0.5, 0.6) is 11.5 Å². The first-order valence-electron chi connectivity index (χ1n) is 10.7. The fraction of sp³-hybridized carbons (Fsp3) is 0.280. The highest BCUT2D eigenvalue weighted by Crippen LogP contribution is 2.31. The van der Waals surface area contributed by atoms with E-state index < -0.39 is 0 Å². The number of aromatic nitrogens is 1. The summed E-state index contributed by atoms with van der Waals surface area (Å²) in [6.07, 6.45) is 0.661. The minimum atomic E-state index is -0.173. The zero-order chi connectivity index (χ0) is 22.7. The second kappa shape index (κ2) is 9.44. The number of amides is 1. The third kappa shape index (κ3) is 4.21. The molecule has 6 nitrogen and oxygen atoms in total. The van der Waals surface area contributed by atoms with Gasteiger partial charge in [-0.2, -0.15) is 0 Å². The summed E-state index contributed by atoms with van der Waals surface area (Å²) in [5.41, 5.74) is 1.82. The number of aryl methyl sites for hydroxylation is 1. The SMILES string of the molecule is CCOc1ccc(CCNC(=O)c2cc3c(=O)n(C)c4ccccc4c3s2)cc1OCC. The van der Waals surface area contributed by atoms with E-state index in [4.69, 9.17) is 9.47 Å². The van der Waals surface area contributed by atoms with E-state index in [0.717, 1.165) is 26.9 Å². The number of hydrogen-bond acceptors (Lipinski definition) is 5. The highest BCUT2D eigenvalue weighted by Gasteiger charge is 2.16. The molecule has 0 spiro atoms. The summed E-state index contributed by atoms with van der Waals surface area (Å²) in [5, 5.41) is 4.53. The number of nitrogens with one attached hydrogen (secondary N) is 1. The van der Waals surface area contributed by atoms with Crippen LogP contribution in [-0.4, -0.2) is 30.2 Å². The van der Waals surface area contributed by atoms with Crippen LogP contribution in [0.2, 0.25) is 0 Å². The lowest BCUT2D eigenvalue weighted by Gasteiger charge is -2.12. The standard InChI is InChI=1S/C25H26N2O4S/c1-4-30-20-11-10-16(14-21(20)31-5-2)12-13-26-24(28)22-15-18-23(32-22)17-8-6-7-9-19(17)27(3)25(18)29/h6-11,14-15H,4-5,12-13H2,1-3H3,(H,26,28). The molecule has 0 radical (unpaired) electrons. The number of rotatable bonds is 8. The Hall–Kier alpha value is -3.32. The predicted molar refractivity (Wildman–Crippen MR) is 129 cm³/mol. The molecule has 4 rings (SSSR count). The minimum absolute atomic E-state index is 0.0909. The average molecular weight is 451 g/mol. The van der Waals surface area contributed by atoms with Crippen LogP contribution in [0.4, 0.5) is 0 Å². The first kappa shape index (κ1) is 21.9. The van der Waals surface area contributed by atoms with Gasteiger partial charge in [-0.15, -0.1) is 11.3 Å². The summed E-state index contributed by atoms with van der Waals surface area (Å²) in [7, 11) is 1.76. The minimum Gasteiger partial charge on any atom is -0.490 e. The third-order valence-corrected chi connectivity index (χ3v) is 6.48. The van der Waals surface area contributed by atoms with Crippen molar-refractivity contribution in [2.45, 2.75) is 20.3 Å². The fourth-order valence-corrected chi connectivity index (χ4v) is 4.87. The van der Waals surface area contributed by atoms with E-state index in [1.807, 2.05) is 56.3 Å². The van der Waals surface area contributed by atoms with Crippen LogP contribution < -0.4 is 20.3 Å². The Bertz CT molecular complexity index is 1340. The molecule has 1 N–H and O–H groups in total. The van der Waals surface area contributed by atoms with Gasteiger partial charge in [0.1, 0.15) is 0 Å². The van der Waals surface area contributed by atoms with Crippen LogP contribution in [0, 0.1) is 0 Å². The van der Waals surface area contributed by atoms with Gasteiger partial charge in [0.25, 0.3) is 11.5 Å². The molecule has 0 aliphatic rings. The normalized spacial score (nSPS) is 11.1. The van der Waals surface area contributed by atoms with Crippen molar-refractivity contribution in [3.8, 4) is 11.5 Å². The van der Waals surface area contributed by atoms with E-state index >= 15 is 0 Å². The smallest absolute Gasteiger partial charge is 0.261 e. The van der Waals surface area contributed by atoms with Gasteiger partial charge in [0.2, 0.25) is 0 Å². The Labute approximate surface area is 190 Å². The number of para-hydroxylation sites is 1. The molecule has 0 aliphatic carbocycles. The number of pyridine rings is 1. The monoisotopic (exact) mass is 450 g/mol. The molecule has 0 unspecified atom stereocenters. The summed E-state index contributed by atoms with van der Waals surface area (Å²) < 4.78 is 13.8. The fourth-order valence-electron chi connectivity index (χ4n) is 3.77. The van der Waals surface area contributed by atoms with Crippen molar-refractivity contribution < 1.29 is 14.3 Å². The molecule has 2 aromatic heterocycles. The molecule has 0 saturated carbocycles. The highest BCUT2D eigenvalue weighted by atomic mass is 32.1. The van der Waals surface area contributed by atoms with Crippen molar-refractivity contribution in [2.24, 2.45) is 7.05 Å². The van der Waals surface area contributed by atoms with E-state index in [2.05, 4.69) is 5.32 Å². The number of thiophene rings is 1. The molecular formula is C25H26N2O4S. The maximum Gasteiger partial charge on any atom is 0.261 e. The molecule has 0 bridgehead atoms. The first-order valence-corrected chi connectivity index (χ1v) is 11.5. The van der Waals surface area contributed by atoms with Gasteiger partial charge in [-0.25, -0.2) is 0 Å². The van der Waals surface area contributed by atoms with Crippen molar-refractivity contribution in [1.82, 2.24) is 9.88 Å². The number of carbonyl (C=O) groups excluding carboxylic acids is 1. The molecule has 2 heterocycles. The van der Waals surface area contributed by atoms with Gasteiger partial charge in [0.15, 0.2) is 11.5 Å². The van der Waals surface area contributed by atoms with Crippen molar-refractivity contribution in [2.75, 3.05) is 19.8 Å². The summed E-state index contributed by atoms with van der Waals surface area (Å²) in [6.45, 7) is 5.48. The van der Waals surface area contributed by atoms with Crippen LogP contribution >= 0.6 is 11.3 Å². The van der Waals surface area contributed by atoms with Crippen molar-refractivity contribution in [3.05, 3.63) is 69.3 Å². The third-order valence-electron chi connectivity index (χ3n) is 5.31. The highest BCUT2D eigenvalue weighted by molar-refractivity contribution is 7.21. The van der Waals surface area contributed by atoms with Crippen LogP contribution in [0.25, 0.3) is 21.0 Å². The van der Waals surface area contributed by atoms with Crippen molar-refractivity contribution in [1.29, 1.82) is 0 Å². The Morgan fingerprint density at radius 3 is 2.53 bits per heavy atom. The summed E-state index contributed by atoms with van der Waals surface area (Å²) in [4.78, 5) is 26.1. The maximum atomic E-state index is 12.8. The van der Waals surface area contributed by atoms with Gasteiger partial charge < -0.3 is 19.4 Å². The Balaban J connectivity index is 1.50. The molecule has 0 fully saturated rings. The Morgan fingerprint density at radius 2 is 1.75 bits per heavy atom. The number of nitrogens with zero attached hydrogens (tertiary/aromatic N) is 1. The molecule has 0 saturated heterocycles. The lowest BCUT2D eigenvalue weighted by molar-refractivity contribution is 0.0958. The largest absolute Gasteiger partial charge is 0.490 e. The number of hydrogen-bond donors (Lipinski definition) is 1. The zero-order valence-corrected chi connectivity index (χ0v) is 19.3. The van der Waals surface area contributed by atoms with E-state index in [0.29, 0.717) is 42.2 Å². The van der Waals surface area contributed by atoms with E-state index in [1.54, 1.807) is 17.7 Å². The first-order chi connectivity index (χ1) is 15.5. The molecule has 0 aliphatic heterocycles. The lowest BCUT2D eigenvalue weighted by atomic mass is 10.1. The molecule has 2 aromatic carbocycles. The quantitative estimate of drug-likeness (QED) is 0.428. The summed E-state index contributed by atoms with van der Waals surface area (Å²) in [6, 6.07) is 15.3. The van der Waals surface area contributed by atoms with E-state index in [9.17, 15) is 9.59 Å². The maximum absolute atomic E-state index is 12.8. The number of fused-ring (bicyclic) bond motifs is 3. The van der Waals surface area contributed by atoms with Gasteiger partial charge in [-0.05, 0) is 50.1 Å². The Morgan fingerprint density at radius 1 is 1.00 bits per heavy atom. The predicted octanol–water partition coefficient (Wildman–Crippen LogP) is 4.52. The van der Waals surface area contributed by atoms with E-state index in [1.165, 1.54) is 11.3 Å².